The summed E-state index contributed by atoms with van der Waals surface area (Å²) in [6.07, 6.45) is 0.822. The number of hydrogen-bond donors (Lipinski definition) is 3. The van der Waals surface area contributed by atoms with E-state index in [1.807, 2.05) is 50.2 Å². The molecule has 0 aromatic heterocycles. The molecule has 0 fully saturated rings. The summed E-state index contributed by atoms with van der Waals surface area (Å²) in [6.45, 7) is 4.65. The molecular formula is C20H25N3O2. The topological polar surface area (TPSA) is 70.2 Å². The van der Waals surface area contributed by atoms with Gasteiger partial charge in [-0.25, -0.2) is 0 Å². The Morgan fingerprint density at radius 1 is 1.00 bits per heavy atom. The Morgan fingerprint density at radius 2 is 1.76 bits per heavy atom. The van der Waals surface area contributed by atoms with Crippen molar-refractivity contribution in [2.24, 2.45) is 0 Å². The van der Waals surface area contributed by atoms with E-state index in [4.69, 9.17) is 0 Å². The van der Waals surface area contributed by atoms with Crippen molar-refractivity contribution >= 4 is 17.5 Å². The number of benzene rings is 2. The van der Waals surface area contributed by atoms with E-state index >= 15 is 0 Å². The van der Waals surface area contributed by atoms with E-state index in [-0.39, 0.29) is 24.4 Å². The Bertz CT molecular complexity index is 701. The lowest BCUT2D eigenvalue weighted by Gasteiger charge is -2.18. The third kappa shape index (κ3) is 5.64. The van der Waals surface area contributed by atoms with Crippen LogP contribution in [0.5, 0.6) is 0 Å². The molecule has 3 N–H and O–H groups in total. The Balaban J connectivity index is 1.91. The highest BCUT2D eigenvalue weighted by molar-refractivity contribution is 5.95. The van der Waals surface area contributed by atoms with E-state index in [2.05, 4.69) is 16.0 Å². The molecule has 0 aliphatic rings. The molecule has 0 spiro atoms. The van der Waals surface area contributed by atoms with E-state index in [9.17, 15) is 9.59 Å². The lowest BCUT2D eigenvalue weighted by molar-refractivity contribution is -0.120. The molecule has 0 saturated carbocycles. The van der Waals surface area contributed by atoms with Crippen LogP contribution in [0, 0.1) is 0 Å². The zero-order valence-electron chi connectivity index (χ0n) is 14.7. The summed E-state index contributed by atoms with van der Waals surface area (Å²) in [6, 6.07) is 17.0. The van der Waals surface area contributed by atoms with Gasteiger partial charge in [-0.15, -0.1) is 0 Å². The number of carbonyl (C=O) groups excluding carboxylic acids is 2. The number of hydrogen-bond acceptors (Lipinski definition) is 3. The lowest BCUT2D eigenvalue weighted by Crippen LogP contribution is -2.33. The Kier molecular flexibility index (Phi) is 7.01. The SMILES string of the molecule is CCNC(=O)c1cccc(NCC(=O)NC(CC)c2ccccc2)c1. The molecule has 5 heteroatoms. The maximum atomic E-state index is 12.2. The molecule has 0 aliphatic heterocycles. The molecule has 2 amide bonds. The summed E-state index contributed by atoms with van der Waals surface area (Å²) in [5.74, 6) is -0.204. The summed E-state index contributed by atoms with van der Waals surface area (Å²) in [5.41, 5.74) is 2.41. The molecule has 0 bridgehead atoms. The molecule has 5 nitrogen and oxygen atoms in total. The molecule has 0 aliphatic carbocycles. The highest BCUT2D eigenvalue weighted by atomic mass is 16.2. The molecule has 1 unspecified atom stereocenters. The number of amides is 2. The van der Waals surface area contributed by atoms with Crippen molar-refractivity contribution < 1.29 is 9.59 Å². The predicted molar refractivity (Wildman–Crippen MR) is 101 cm³/mol. The van der Waals surface area contributed by atoms with Crippen LogP contribution >= 0.6 is 0 Å². The first-order valence-electron chi connectivity index (χ1n) is 8.60. The number of rotatable bonds is 8. The van der Waals surface area contributed by atoms with Gasteiger partial charge in [0.05, 0.1) is 12.6 Å². The minimum absolute atomic E-state index is 0.00262. The highest BCUT2D eigenvalue weighted by Crippen LogP contribution is 2.16. The van der Waals surface area contributed by atoms with Gasteiger partial charge in [0, 0.05) is 17.8 Å². The molecule has 2 rings (SSSR count). The average Bonchev–Trinajstić information content (AvgIpc) is 2.65. The largest absolute Gasteiger partial charge is 0.376 e. The van der Waals surface area contributed by atoms with Crippen LogP contribution in [0.1, 0.15) is 42.2 Å². The fraction of sp³-hybridized carbons (Fsp3) is 0.300. The Hall–Kier alpha value is -2.82. The van der Waals surface area contributed by atoms with Crippen molar-refractivity contribution in [2.75, 3.05) is 18.4 Å². The van der Waals surface area contributed by atoms with Crippen LogP contribution in [0.25, 0.3) is 0 Å². The van der Waals surface area contributed by atoms with Gasteiger partial charge in [-0.2, -0.15) is 0 Å². The molecule has 1 atom stereocenters. The van der Waals surface area contributed by atoms with E-state index in [1.54, 1.807) is 18.2 Å². The number of nitrogens with one attached hydrogen (secondary N) is 3. The van der Waals surface area contributed by atoms with Gasteiger partial charge >= 0.3 is 0 Å². The summed E-state index contributed by atoms with van der Waals surface area (Å²) in [4.78, 5) is 24.1. The first-order chi connectivity index (χ1) is 12.1. The minimum atomic E-state index is -0.120. The fourth-order valence-electron chi connectivity index (χ4n) is 2.57. The van der Waals surface area contributed by atoms with Gasteiger partial charge in [0.1, 0.15) is 0 Å². The molecule has 25 heavy (non-hydrogen) atoms. The summed E-state index contributed by atoms with van der Waals surface area (Å²) in [5, 5.41) is 8.86. The normalized spacial score (nSPS) is 11.4. The molecule has 0 saturated heterocycles. The summed E-state index contributed by atoms with van der Waals surface area (Å²) >= 11 is 0. The zero-order valence-corrected chi connectivity index (χ0v) is 14.7. The third-order valence-electron chi connectivity index (χ3n) is 3.86. The van der Waals surface area contributed by atoms with Crippen molar-refractivity contribution in [3.05, 3.63) is 65.7 Å². The van der Waals surface area contributed by atoms with Crippen LogP contribution in [0.2, 0.25) is 0 Å². The van der Waals surface area contributed by atoms with E-state index < -0.39 is 0 Å². The van der Waals surface area contributed by atoms with Gasteiger partial charge < -0.3 is 16.0 Å². The van der Waals surface area contributed by atoms with Crippen LogP contribution in [-0.4, -0.2) is 24.9 Å². The third-order valence-corrected chi connectivity index (χ3v) is 3.86. The quantitative estimate of drug-likeness (QED) is 0.692. The van der Waals surface area contributed by atoms with Gasteiger partial charge in [0.25, 0.3) is 5.91 Å². The van der Waals surface area contributed by atoms with Crippen molar-refractivity contribution in [3.8, 4) is 0 Å². The molecule has 0 radical (unpaired) electrons. The van der Waals surface area contributed by atoms with Gasteiger partial charge in [-0.05, 0) is 37.1 Å². The van der Waals surface area contributed by atoms with Crippen molar-refractivity contribution in [1.29, 1.82) is 0 Å². The van der Waals surface area contributed by atoms with Gasteiger partial charge in [0.2, 0.25) is 5.91 Å². The van der Waals surface area contributed by atoms with Crippen LogP contribution in [0.15, 0.2) is 54.6 Å². The maximum absolute atomic E-state index is 12.2. The second-order valence-corrected chi connectivity index (χ2v) is 5.73. The zero-order chi connectivity index (χ0) is 18.1. The Labute approximate surface area is 148 Å². The summed E-state index contributed by atoms with van der Waals surface area (Å²) in [7, 11) is 0. The molecule has 2 aromatic carbocycles. The molecule has 0 heterocycles. The fourth-order valence-corrected chi connectivity index (χ4v) is 2.57. The van der Waals surface area contributed by atoms with E-state index in [0.29, 0.717) is 12.1 Å². The smallest absolute Gasteiger partial charge is 0.251 e. The van der Waals surface area contributed by atoms with Crippen LogP contribution < -0.4 is 16.0 Å². The number of anilines is 1. The molecule has 2 aromatic rings. The van der Waals surface area contributed by atoms with Crippen molar-refractivity contribution in [3.63, 3.8) is 0 Å². The van der Waals surface area contributed by atoms with E-state index in [0.717, 1.165) is 17.7 Å². The van der Waals surface area contributed by atoms with Gasteiger partial charge in [0.15, 0.2) is 0 Å². The standard InChI is InChI=1S/C20H25N3O2/c1-3-18(15-9-6-5-7-10-15)23-19(24)14-22-17-12-8-11-16(13-17)20(25)21-4-2/h5-13,18,22H,3-4,14H2,1-2H3,(H,21,25)(H,23,24). The Morgan fingerprint density at radius 3 is 2.44 bits per heavy atom. The predicted octanol–water partition coefficient (Wildman–Crippen LogP) is 3.12. The average molecular weight is 339 g/mol. The van der Waals surface area contributed by atoms with Gasteiger partial charge in [-0.1, -0.05) is 43.3 Å². The van der Waals surface area contributed by atoms with Crippen LogP contribution in [0.3, 0.4) is 0 Å². The van der Waals surface area contributed by atoms with Crippen LogP contribution in [0.4, 0.5) is 5.69 Å². The molecule has 132 valence electrons. The van der Waals surface area contributed by atoms with E-state index in [1.165, 1.54) is 0 Å². The van der Waals surface area contributed by atoms with Crippen LogP contribution in [-0.2, 0) is 4.79 Å². The van der Waals surface area contributed by atoms with Crippen molar-refractivity contribution in [1.82, 2.24) is 10.6 Å². The second kappa shape index (κ2) is 9.47. The highest BCUT2D eigenvalue weighted by Gasteiger charge is 2.12. The lowest BCUT2D eigenvalue weighted by atomic mass is 10.0. The minimum Gasteiger partial charge on any atom is -0.376 e. The number of carbonyl (C=O) groups is 2. The van der Waals surface area contributed by atoms with Gasteiger partial charge in [-0.3, -0.25) is 9.59 Å². The monoisotopic (exact) mass is 339 g/mol. The first-order valence-corrected chi connectivity index (χ1v) is 8.60. The maximum Gasteiger partial charge on any atom is 0.251 e. The first kappa shape index (κ1) is 18.5. The molecular weight excluding hydrogens is 314 g/mol. The second-order valence-electron chi connectivity index (χ2n) is 5.73. The van der Waals surface area contributed by atoms with Crippen molar-refractivity contribution in [2.45, 2.75) is 26.3 Å². The summed E-state index contributed by atoms with van der Waals surface area (Å²) < 4.78 is 0.